The first-order chi connectivity index (χ1) is 12.8. The second kappa shape index (κ2) is 6.37. The van der Waals surface area contributed by atoms with Gasteiger partial charge in [-0.15, -0.1) is 0 Å². The number of thiophene rings is 1. The molecule has 2 atom stereocenters. The van der Waals surface area contributed by atoms with Crippen LogP contribution in [0.4, 0.5) is 0 Å². The van der Waals surface area contributed by atoms with Gasteiger partial charge in [-0.25, -0.2) is 0 Å². The van der Waals surface area contributed by atoms with Gasteiger partial charge in [0, 0.05) is 32.0 Å². The summed E-state index contributed by atoms with van der Waals surface area (Å²) in [4.78, 5) is 22.0. The Morgan fingerprint density at radius 3 is 2.81 bits per heavy atom. The second-order valence-corrected chi connectivity index (χ2v) is 7.80. The second-order valence-electron chi connectivity index (χ2n) is 7.02. The summed E-state index contributed by atoms with van der Waals surface area (Å²) in [6, 6.07) is 12.5. The number of carbonyl (C=O) groups excluding carboxylic acids is 1. The van der Waals surface area contributed by atoms with Crippen LogP contribution in [0, 0.1) is 0 Å². The van der Waals surface area contributed by atoms with Crippen molar-refractivity contribution in [1.29, 1.82) is 0 Å². The van der Waals surface area contributed by atoms with Crippen molar-refractivity contribution in [2.45, 2.75) is 25.2 Å². The number of aromatic nitrogens is 2. The van der Waals surface area contributed by atoms with Gasteiger partial charge in [-0.1, -0.05) is 6.07 Å². The number of fused-ring (bicyclic) bond motifs is 3. The van der Waals surface area contributed by atoms with Crippen LogP contribution in [-0.4, -0.2) is 44.4 Å². The monoisotopic (exact) mass is 364 g/mol. The van der Waals surface area contributed by atoms with E-state index in [-0.39, 0.29) is 11.9 Å². The number of amides is 1. The van der Waals surface area contributed by atoms with Crippen molar-refractivity contribution in [3.63, 3.8) is 0 Å². The molecule has 5 nitrogen and oxygen atoms in total. The number of likely N-dealkylation sites (tertiary alicyclic amines) is 1. The minimum Gasteiger partial charge on any atom is -0.337 e. The van der Waals surface area contributed by atoms with E-state index in [2.05, 4.69) is 37.5 Å². The molecule has 0 aromatic carbocycles. The van der Waals surface area contributed by atoms with Crippen LogP contribution in [0.5, 0.6) is 0 Å². The van der Waals surface area contributed by atoms with Crippen molar-refractivity contribution < 1.29 is 4.79 Å². The van der Waals surface area contributed by atoms with Gasteiger partial charge in [-0.3, -0.25) is 14.7 Å². The van der Waals surface area contributed by atoms with Gasteiger partial charge < -0.3 is 9.47 Å². The van der Waals surface area contributed by atoms with Gasteiger partial charge in [0.15, 0.2) is 0 Å². The predicted octanol–water partition coefficient (Wildman–Crippen LogP) is 3.03. The summed E-state index contributed by atoms with van der Waals surface area (Å²) in [6.45, 7) is 3.38. The average molecular weight is 364 g/mol. The Hall–Kier alpha value is -2.44. The molecule has 0 saturated carbocycles. The Balaban J connectivity index is 1.45. The number of hydrogen-bond donors (Lipinski definition) is 0. The van der Waals surface area contributed by atoms with E-state index >= 15 is 0 Å². The van der Waals surface area contributed by atoms with Crippen LogP contribution in [0.1, 0.15) is 27.8 Å². The first-order valence-electron chi connectivity index (χ1n) is 8.91. The molecule has 0 unspecified atom stereocenters. The number of rotatable bonds is 4. The van der Waals surface area contributed by atoms with Gasteiger partial charge in [-0.2, -0.15) is 11.3 Å². The van der Waals surface area contributed by atoms with E-state index in [1.807, 2.05) is 35.2 Å². The van der Waals surface area contributed by atoms with E-state index in [1.54, 1.807) is 17.5 Å². The van der Waals surface area contributed by atoms with Crippen molar-refractivity contribution in [3.05, 3.63) is 76.5 Å². The van der Waals surface area contributed by atoms with Crippen molar-refractivity contribution in [2.24, 2.45) is 0 Å². The van der Waals surface area contributed by atoms with E-state index in [0.717, 1.165) is 31.0 Å². The van der Waals surface area contributed by atoms with Gasteiger partial charge in [0.05, 0.1) is 24.3 Å². The van der Waals surface area contributed by atoms with Crippen molar-refractivity contribution in [1.82, 2.24) is 19.4 Å². The lowest BCUT2D eigenvalue weighted by Crippen LogP contribution is -2.49. The van der Waals surface area contributed by atoms with Gasteiger partial charge >= 0.3 is 0 Å². The molecule has 0 radical (unpaired) electrons. The third-order valence-corrected chi connectivity index (χ3v) is 6.13. The molecule has 1 saturated heterocycles. The maximum absolute atomic E-state index is 13.1. The lowest BCUT2D eigenvalue weighted by Gasteiger charge is -2.38. The molecule has 1 amide bonds. The maximum atomic E-state index is 13.1. The third-order valence-electron chi connectivity index (χ3n) is 5.40. The summed E-state index contributed by atoms with van der Waals surface area (Å²) >= 11 is 1.74. The molecule has 5 heterocycles. The molecule has 5 rings (SSSR count). The molecule has 2 aliphatic heterocycles. The fraction of sp³-hybridized carbons (Fsp3) is 0.300. The van der Waals surface area contributed by atoms with E-state index in [0.29, 0.717) is 12.6 Å². The smallest absolute Gasteiger partial charge is 0.271 e. The molecular formula is C20H20N4OS. The molecule has 0 spiro atoms. The fourth-order valence-electron chi connectivity index (χ4n) is 4.21. The number of nitrogens with zero attached hydrogens (tertiary/aromatic N) is 4. The van der Waals surface area contributed by atoms with Crippen LogP contribution >= 0.6 is 11.3 Å². The largest absolute Gasteiger partial charge is 0.337 e. The van der Waals surface area contributed by atoms with Gasteiger partial charge in [0.1, 0.15) is 5.69 Å². The van der Waals surface area contributed by atoms with Crippen molar-refractivity contribution in [2.75, 3.05) is 13.1 Å². The Morgan fingerprint density at radius 2 is 2.00 bits per heavy atom. The first kappa shape index (κ1) is 15.8. The van der Waals surface area contributed by atoms with Crippen LogP contribution in [0.15, 0.2) is 59.6 Å². The molecule has 2 aliphatic rings. The third kappa shape index (κ3) is 2.66. The number of carbonyl (C=O) groups is 1. The zero-order valence-electron chi connectivity index (χ0n) is 14.4. The van der Waals surface area contributed by atoms with E-state index in [1.165, 1.54) is 5.56 Å². The van der Waals surface area contributed by atoms with Crippen LogP contribution in [0.3, 0.4) is 0 Å². The Bertz CT molecular complexity index is 905. The van der Waals surface area contributed by atoms with Crippen LogP contribution in [-0.2, 0) is 13.1 Å². The van der Waals surface area contributed by atoms with Gasteiger partial charge in [0.25, 0.3) is 5.91 Å². The lowest BCUT2D eigenvalue weighted by atomic mass is 10.1. The normalized spacial score (nSPS) is 22.5. The van der Waals surface area contributed by atoms with Crippen molar-refractivity contribution >= 4 is 17.2 Å². The first-order valence-corrected chi connectivity index (χ1v) is 9.85. The summed E-state index contributed by atoms with van der Waals surface area (Å²) in [5.74, 6) is 0.110. The minimum atomic E-state index is 0.110. The van der Waals surface area contributed by atoms with Crippen LogP contribution < -0.4 is 0 Å². The van der Waals surface area contributed by atoms with Crippen LogP contribution in [0.2, 0.25) is 0 Å². The number of pyridine rings is 1. The standard InChI is InChI=1S/C20H20N4OS/c25-20-17-5-3-8-23(17)18-12-22(10-15-6-9-26-14-15)13-19(18)24(20)11-16-4-1-2-7-21-16/h1-9,14,18-19H,10-13H2/t18-,19-/m0/s1. The van der Waals surface area contributed by atoms with E-state index < -0.39 is 0 Å². The number of hydrogen-bond acceptors (Lipinski definition) is 4. The quantitative estimate of drug-likeness (QED) is 0.715. The molecule has 26 heavy (non-hydrogen) atoms. The highest BCUT2D eigenvalue weighted by atomic mass is 32.1. The Kier molecular flexibility index (Phi) is 3.87. The molecule has 6 heteroatoms. The van der Waals surface area contributed by atoms with Gasteiger partial charge in [0.2, 0.25) is 0 Å². The maximum Gasteiger partial charge on any atom is 0.271 e. The topological polar surface area (TPSA) is 41.4 Å². The lowest BCUT2D eigenvalue weighted by molar-refractivity contribution is 0.0553. The van der Waals surface area contributed by atoms with E-state index in [4.69, 9.17) is 0 Å². The average Bonchev–Trinajstić information content (AvgIpc) is 3.40. The summed E-state index contributed by atoms with van der Waals surface area (Å²) in [6.07, 6.45) is 3.85. The van der Waals surface area contributed by atoms with E-state index in [9.17, 15) is 4.79 Å². The zero-order chi connectivity index (χ0) is 17.5. The summed E-state index contributed by atoms with van der Waals surface area (Å²) in [7, 11) is 0. The molecule has 3 aromatic heterocycles. The molecule has 132 valence electrons. The predicted molar refractivity (Wildman–Crippen MR) is 101 cm³/mol. The highest BCUT2D eigenvalue weighted by molar-refractivity contribution is 7.07. The molecule has 0 aliphatic carbocycles. The summed E-state index contributed by atoms with van der Waals surface area (Å²) in [5, 5.41) is 4.33. The Morgan fingerprint density at radius 1 is 1.08 bits per heavy atom. The van der Waals surface area contributed by atoms with Crippen LogP contribution in [0.25, 0.3) is 0 Å². The summed E-state index contributed by atoms with van der Waals surface area (Å²) < 4.78 is 2.18. The summed E-state index contributed by atoms with van der Waals surface area (Å²) in [5.41, 5.74) is 3.08. The molecule has 3 aromatic rings. The highest BCUT2D eigenvalue weighted by Gasteiger charge is 2.44. The molecular weight excluding hydrogens is 344 g/mol. The highest BCUT2D eigenvalue weighted by Crippen LogP contribution is 2.35. The zero-order valence-corrected chi connectivity index (χ0v) is 15.2. The molecule has 0 N–H and O–H groups in total. The van der Waals surface area contributed by atoms with Crippen molar-refractivity contribution in [3.8, 4) is 0 Å². The Labute approximate surface area is 156 Å². The molecule has 1 fully saturated rings. The van der Waals surface area contributed by atoms with Gasteiger partial charge in [-0.05, 0) is 46.7 Å². The minimum absolute atomic E-state index is 0.110. The fourth-order valence-corrected chi connectivity index (χ4v) is 4.87. The SMILES string of the molecule is O=C1c2cccn2[C@H]2CN(Cc3ccsc3)C[C@@H]2N1Cc1ccccn1. The molecule has 0 bridgehead atoms.